The summed E-state index contributed by atoms with van der Waals surface area (Å²) in [6.07, 6.45) is 4.03. The molecule has 1 fully saturated rings. The molecule has 0 radical (unpaired) electrons. The zero-order chi connectivity index (χ0) is 15.2. The Balaban J connectivity index is 2.10. The highest BCUT2D eigenvalue weighted by molar-refractivity contribution is 5.43. The van der Waals surface area contributed by atoms with Crippen LogP contribution in [0.15, 0.2) is 12.3 Å². The third-order valence-electron chi connectivity index (χ3n) is 3.78. The van der Waals surface area contributed by atoms with Crippen LogP contribution in [0.3, 0.4) is 0 Å². The first-order valence-corrected chi connectivity index (χ1v) is 7.85. The largest absolute Gasteiger partial charge is 0.376 e. The van der Waals surface area contributed by atoms with Crippen LogP contribution < -0.4 is 10.2 Å². The summed E-state index contributed by atoms with van der Waals surface area (Å²) in [6, 6.07) is 2.07. The standard InChI is InChI=1S/C16H26FN3O/c1-4-20(11-14-6-5-9-21-14)16-15(17)13(7-8-18-16)10-19-12(2)3/h7-8,12,14,19H,4-6,9-11H2,1-3H3. The number of aromatic nitrogens is 1. The van der Waals surface area contributed by atoms with Crippen LogP contribution in [0.25, 0.3) is 0 Å². The molecule has 0 bridgehead atoms. The lowest BCUT2D eigenvalue weighted by atomic mass is 10.2. The van der Waals surface area contributed by atoms with E-state index in [1.807, 2.05) is 11.8 Å². The molecule has 4 nitrogen and oxygen atoms in total. The molecule has 1 aliphatic rings. The molecule has 1 aromatic heterocycles. The number of ether oxygens (including phenoxy) is 1. The molecule has 0 saturated carbocycles. The molecule has 0 aromatic carbocycles. The summed E-state index contributed by atoms with van der Waals surface area (Å²) in [5.74, 6) is 0.224. The average Bonchev–Trinajstić information content (AvgIpc) is 2.97. The summed E-state index contributed by atoms with van der Waals surface area (Å²) in [5, 5.41) is 3.25. The van der Waals surface area contributed by atoms with Gasteiger partial charge in [0.05, 0.1) is 6.10 Å². The van der Waals surface area contributed by atoms with Crippen LogP contribution in [-0.2, 0) is 11.3 Å². The van der Waals surface area contributed by atoms with Crippen molar-refractivity contribution >= 4 is 5.82 Å². The molecule has 1 unspecified atom stereocenters. The molecule has 2 rings (SSSR count). The Morgan fingerprint density at radius 1 is 1.52 bits per heavy atom. The minimum absolute atomic E-state index is 0.198. The summed E-state index contributed by atoms with van der Waals surface area (Å²) in [5.41, 5.74) is 0.666. The van der Waals surface area contributed by atoms with Crippen molar-refractivity contribution in [2.75, 3.05) is 24.6 Å². The number of rotatable bonds is 7. The van der Waals surface area contributed by atoms with Gasteiger partial charge in [0.15, 0.2) is 11.6 Å². The molecular formula is C16H26FN3O. The molecule has 1 aliphatic heterocycles. The molecule has 1 N–H and O–H groups in total. The monoisotopic (exact) mass is 295 g/mol. The van der Waals surface area contributed by atoms with Crippen molar-refractivity contribution in [1.29, 1.82) is 0 Å². The van der Waals surface area contributed by atoms with Crippen LogP contribution in [0.4, 0.5) is 10.2 Å². The van der Waals surface area contributed by atoms with Crippen molar-refractivity contribution in [3.8, 4) is 0 Å². The van der Waals surface area contributed by atoms with Gasteiger partial charge in [0.2, 0.25) is 0 Å². The number of anilines is 1. The van der Waals surface area contributed by atoms with Gasteiger partial charge in [-0.2, -0.15) is 0 Å². The Morgan fingerprint density at radius 3 is 2.95 bits per heavy atom. The van der Waals surface area contributed by atoms with Gasteiger partial charge in [-0.15, -0.1) is 0 Å². The Kier molecular flexibility index (Phi) is 5.94. The van der Waals surface area contributed by atoms with Gasteiger partial charge >= 0.3 is 0 Å². The molecule has 0 aliphatic carbocycles. The predicted octanol–water partition coefficient (Wildman–Crippen LogP) is 2.72. The zero-order valence-corrected chi connectivity index (χ0v) is 13.2. The van der Waals surface area contributed by atoms with Crippen molar-refractivity contribution in [2.45, 2.75) is 52.3 Å². The lowest BCUT2D eigenvalue weighted by Gasteiger charge is -2.26. The first-order valence-electron chi connectivity index (χ1n) is 7.85. The van der Waals surface area contributed by atoms with Gasteiger partial charge in [-0.3, -0.25) is 0 Å². The first kappa shape index (κ1) is 16.2. The third-order valence-corrected chi connectivity index (χ3v) is 3.78. The van der Waals surface area contributed by atoms with Gasteiger partial charge in [-0.1, -0.05) is 13.8 Å². The average molecular weight is 295 g/mol. The van der Waals surface area contributed by atoms with E-state index < -0.39 is 0 Å². The van der Waals surface area contributed by atoms with Gasteiger partial charge in [0.1, 0.15) is 0 Å². The molecule has 2 heterocycles. The van der Waals surface area contributed by atoms with E-state index >= 15 is 0 Å². The highest BCUT2D eigenvalue weighted by Crippen LogP contribution is 2.22. The summed E-state index contributed by atoms with van der Waals surface area (Å²) >= 11 is 0. The number of likely N-dealkylation sites (N-methyl/N-ethyl adjacent to an activating group) is 1. The molecule has 0 amide bonds. The highest BCUT2D eigenvalue weighted by Gasteiger charge is 2.22. The fourth-order valence-electron chi connectivity index (χ4n) is 2.54. The van der Waals surface area contributed by atoms with E-state index in [4.69, 9.17) is 4.74 Å². The second-order valence-electron chi connectivity index (χ2n) is 5.82. The van der Waals surface area contributed by atoms with E-state index in [9.17, 15) is 4.39 Å². The fourth-order valence-corrected chi connectivity index (χ4v) is 2.54. The lowest BCUT2D eigenvalue weighted by Crippen LogP contribution is -2.33. The number of nitrogens with zero attached hydrogens (tertiary/aromatic N) is 2. The van der Waals surface area contributed by atoms with Crippen molar-refractivity contribution in [1.82, 2.24) is 10.3 Å². The topological polar surface area (TPSA) is 37.4 Å². The number of pyridine rings is 1. The minimum atomic E-state index is -0.217. The Labute approximate surface area is 126 Å². The van der Waals surface area contributed by atoms with E-state index in [-0.39, 0.29) is 11.9 Å². The summed E-state index contributed by atoms with van der Waals surface area (Å²) in [7, 11) is 0. The van der Waals surface area contributed by atoms with Crippen molar-refractivity contribution < 1.29 is 9.13 Å². The second-order valence-corrected chi connectivity index (χ2v) is 5.82. The third kappa shape index (κ3) is 4.38. The lowest BCUT2D eigenvalue weighted by molar-refractivity contribution is 0.115. The Morgan fingerprint density at radius 2 is 2.33 bits per heavy atom. The van der Waals surface area contributed by atoms with Crippen molar-refractivity contribution in [2.24, 2.45) is 0 Å². The van der Waals surface area contributed by atoms with Crippen LogP contribution in [0.1, 0.15) is 39.2 Å². The van der Waals surface area contributed by atoms with E-state index in [1.165, 1.54) is 0 Å². The van der Waals surface area contributed by atoms with Crippen LogP contribution in [-0.4, -0.2) is 36.8 Å². The normalized spacial score (nSPS) is 18.4. The maximum absolute atomic E-state index is 14.6. The minimum Gasteiger partial charge on any atom is -0.376 e. The van der Waals surface area contributed by atoms with Crippen LogP contribution in [0.5, 0.6) is 0 Å². The zero-order valence-electron chi connectivity index (χ0n) is 13.2. The first-order chi connectivity index (χ1) is 10.1. The van der Waals surface area contributed by atoms with Crippen LogP contribution >= 0.6 is 0 Å². The predicted molar refractivity (Wildman–Crippen MR) is 83.0 cm³/mol. The molecule has 1 atom stereocenters. The Hall–Kier alpha value is -1.20. The smallest absolute Gasteiger partial charge is 0.170 e. The van der Waals surface area contributed by atoms with E-state index in [1.54, 1.807) is 12.3 Å². The molecule has 0 spiro atoms. The molecule has 1 aromatic rings. The summed E-state index contributed by atoms with van der Waals surface area (Å²) in [6.45, 7) is 8.90. The molecule has 1 saturated heterocycles. The molecule has 21 heavy (non-hydrogen) atoms. The van der Waals surface area contributed by atoms with Gasteiger partial charge in [0.25, 0.3) is 0 Å². The molecule has 118 valence electrons. The summed E-state index contributed by atoms with van der Waals surface area (Å²) < 4.78 is 20.3. The molecule has 5 heteroatoms. The second kappa shape index (κ2) is 7.71. The SMILES string of the molecule is CCN(CC1CCCO1)c1nccc(CNC(C)C)c1F. The number of nitrogens with one attached hydrogen (secondary N) is 1. The highest BCUT2D eigenvalue weighted by atomic mass is 19.1. The van der Waals surface area contributed by atoms with Gasteiger partial charge in [0, 0.05) is 44.0 Å². The molecular weight excluding hydrogens is 269 g/mol. The van der Waals surface area contributed by atoms with Crippen molar-refractivity contribution in [3.05, 3.63) is 23.6 Å². The van der Waals surface area contributed by atoms with E-state index in [2.05, 4.69) is 24.1 Å². The number of hydrogen-bond donors (Lipinski definition) is 1. The van der Waals surface area contributed by atoms with Crippen LogP contribution in [0, 0.1) is 5.82 Å². The number of halogens is 1. The number of hydrogen-bond acceptors (Lipinski definition) is 4. The summed E-state index contributed by atoms with van der Waals surface area (Å²) in [4.78, 5) is 6.22. The van der Waals surface area contributed by atoms with E-state index in [0.717, 1.165) is 26.0 Å². The van der Waals surface area contributed by atoms with Gasteiger partial charge in [-0.25, -0.2) is 9.37 Å². The van der Waals surface area contributed by atoms with Gasteiger partial charge < -0.3 is 15.0 Å². The maximum atomic E-state index is 14.6. The van der Waals surface area contributed by atoms with Crippen LogP contribution in [0.2, 0.25) is 0 Å². The Bertz CT molecular complexity index is 447. The van der Waals surface area contributed by atoms with Gasteiger partial charge in [-0.05, 0) is 25.8 Å². The maximum Gasteiger partial charge on any atom is 0.170 e. The van der Waals surface area contributed by atoms with Crippen molar-refractivity contribution in [3.63, 3.8) is 0 Å². The fraction of sp³-hybridized carbons (Fsp3) is 0.688. The quantitative estimate of drug-likeness (QED) is 0.839. The van der Waals surface area contributed by atoms with E-state index in [0.29, 0.717) is 30.5 Å².